The predicted molar refractivity (Wildman–Crippen MR) is 132 cm³/mol. The predicted octanol–water partition coefficient (Wildman–Crippen LogP) is 5.89. The van der Waals surface area contributed by atoms with Crippen molar-refractivity contribution in [1.82, 2.24) is 4.90 Å². The average Bonchev–Trinajstić information content (AvgIpc) is 2.73. The highest BCUT2D eigenvalue weighted by molar-refractivity contribution is 6.31. The Morgan fingerprint density at radius 1 is 1.06 bits per heavy atom. The average molecular weight is 462 g/mol. The van der Waals surface area contributed by atoms with Crippen LogP contribution < -0.4 is 11.1 Å². The first kappa shape index (κ1) is 25.0. The van der Waals surface area contributed by atoms with E-state index in [1.165, 1.54) is 6.42 Å². The molecular weight excluding hydrogens is 422 g/mol. The van der Waals surface area contributed by atoms with Crippen molar-refractivity contribution in [3.63, 3.8) is 0 Å². The molecular formula is C26H40ClN3O2. The van der Waals surface area contributed by atoms with Crippen LogP contribution in [0.1, 0.15) is 90.5 Å². The molecule has 2 unspecified atom stereocenters. The monoisotopic (exact) mass is 461 g/mol. The van der Waals surface area contributed by atoms with E-state index in [2.05, 4.69) is 5.32 Å². The Morgan fingerprint density at radius 3 is 2.38 bits per heavy atom. The van der Waals surface area contributed by atoms with E-state index in [9.17, 15) is 9.59 Å². The summed E-state index contributed by atoms with van der Waals surface area (Å²) in [5, 5.41) is 3.61. The maximum absolute atomic E-state index is 13.6. The molecule has 0 saturated heterocycles. The molecule has 178 valence electrons. The number of carbonyl (C=O) groups is 2. The van der Waals surface area contributed by atoms with Gasteiger partial charge in [0, 0.05) is 41.7 Å². The number of hydrogen-bond donors (Lipinski definition) is 2. The van der Waals surface area contributed by atoms with E-state index in [4.69, 9.17) is 17.3 Å². The van der Waals surface area contributed by atoms with Gasteiger partial charge in [0.15, 0.2) is 0 Å². The molecule has 6 heteroatoms. The molecule has 3 rings (SSSR count). The van der Waals surface area contributed by atoms with Crippen LogP contribution in [-0.4, -0.2) is 28.8 Å². The summed E-state index contributed by atoms with van der Waals surface area (Å²) in [6, 6.07) is 5.61. The number of amides is 2. The van der Waals surface area contributed by atoms with E-state index in [0.29, 0.717) is 18.0 Å². The van der Waals surface area contributed by atoms with Crippen molar-refractivity contribution in [3.8, 4) is 0 Å². The Bertz CT molecular complexity index is 799. The second-order valence-electron chi connectivity index (χ2n) is 10.9. The van der Waals surface area contributed by atoms with Gasteiger partial charge in [-0.15, -0.1) is 0 Å². The highest BCUT2D eigenvalue weighted by Crippen LogP contribution is 2.32. The van der Waals surface area contributed by atoms with Crippen molar-refractivity contribution < 1.29 is 9.59 Å². The number of benzene rings is 1. The summed E-state index contributed by atoms with van der Waals surface area (Å²) < 4.78 is 0. The topological polar surface area (TPSA) is 75.4 Å². The number of halogens is 1. The van der Waals surface area contributed by atoms with E-state index < -0.39 is 0 Å². The molecule has 0 aromatic heterocycles. The molecule has 0 bridgehead atoms. The number of nitrogens with two attached hydrogens (primary N) is 1. The minimum atomic E-state index is -0.0837. The van der Waals surface area contributed by atoms with E-state index in [1.54, 1.807) is 0 Å². The fourth-order valence-corrected chi connectivity index (χ4v) is 5.29. The Kier molecular flexibility index (Phi) is 8.62. The van der Waals surface area contributed by atoms with Crippen LogP contribution in [0.2, 0.25) is 5.02 Å². The molecule has 0 radical (unpaired) electrons. The second kappa shape index (κ2) is 11.0. The molecule has 1 aromatic carbocycles. The zero-order chi connectivity index (χ0) is 23.3. The standard InChI is InChI=1S/C26H40ClN3O2/c1-26(2,3)16-24(31)29-20-13-14-21(27)19(15-20)17-30(23-12-8-7-11-22(23)28)25(32)18-9-5-4-6-10-18/h13-15,18,22-23H,4-12,16-17,28H2,1-3H3,(H,29,31). The Balaban J connectivity index is 1.81. The van der Waals surface area contributed by atoms with E-state index in [-0.39, 0.29) is 35.2 Å². The number of carbonyl (C=O) groups excluding carboxylic acids is 2. The van der Waals surface area contributed by atoms with Crippen LogP contribution in [0.5, 0.6) is 0 Å². The molecule has 2 aliphatic carbocycles. The van der Waals surface area contributed by atoms with Crippen LogP contribution in [0.25, 0.3) is 0 Å². The van der Waals surface area contributed by atoms with Gasteiger partial charge in [0.1, 0.15) is 0 Å². The van der Waals surface area contributed by atoms with Crippen molar-refractivity contribution in [2.45, 2.75) is 104 Å². The fourth-order valence-electron chi connectivity index (χ4n) is 5.11. The molecule has 3 N–H and O–H groups in total. The van der Waals surface area contributed by atoms with Crippen LogP contribution in [0.4, 0.5) is 5.69 Å². The summed E-state index contributed by atoms with van der Waals surface area (Å²) in [4.78, 5) is 28.1. The van der Waals surface area contributed by atoms with E-state index >= 15 is 0 Å². The maximum Gasteiger partial charge on any atom is 0.226 e. The molecule has 2 amide bonds. The van der Waals surface area contributed by atoms with Gasteiger partial charge in [-0.05, 0) is 54.9 Å². The van der Waals surface area contributed by atoms with Gasteiger partial charge in [-0.3, -0.25) is 9.59 Å². The summed E-state index contributed by atoms with van der Waals surface area (Å²) in [6.45, 7) is 6.57. The maximum atomic E-state index is 13.6. The number of hydrogen-bond acceptors (Lipinski definition) is 3. The minimum Gasteiger partial charge on any atom is -0.334 e. The fraction of sp³-hybridized carbons (Fsp3) is 0.692. The largest absolute Gasteiger partial charge is 0.334 e. The molecule has 5 nitrogen and oxygen atoms in total. The zero-order valence-corrected chi connectivity index (χ0v) is 20.7. The van der Waals surface area contributed by atoms with Crippen molar-refractivity contribution in [2.75, 3.05) is 5.32 Å². The van der Waals surface area contributed by atoms with Crippen molar-refractivity contribution in [2.24, 2.45) is 17.1 Å². The molecule has 0 spiro atoms. The van der Waals surface area contributed by atoms with E-state index in [0.717, 1.165) is 62.6 Å². The summed E-state index contributed by atoms with van der Waals surface area (Å²) in [7, 11) is 0. The first-order valence-electron chi connectivity index (χ1n) is 12.3. The third-order valence-electron chi connectivity index (χ3n) is 6.78. The molecule has 2 fully saturated rings. The number of anilines is 1. The Morgan fingerprint density at radius 2 is 1.72 bits per heavy atom. The molecule has 2 aliphatic rings. The first-order chi connectivity index (χ1) is 15.1. The van der Waals surface area contributed by atoms with Crippen LogP contribution >= 0.6 is 11.6 Å². The Labute approximate surface area is 198 Å². The van der Waals surface area contributed by atoms with Crippen molar-refractivity contribution in [1.29, 1.82) is 0 Å². The van der Waals surface area contributed by atoms with Gasteiger partial charge in [0.2, 0.25) is 11.8 Å². The lowest BCUT2D eigenvalue weighted by Gasteiger charge is -2.41. The highest BCUT2D eigenvalue weighted by atomic mass is 35.5. The molecule has 1 aromatic rings. The summed E-state index contributed by atoms with van der Waals surface area (Å²) >= 11 is 6.57. The van der Waals surface area contributed by atoms with Crippen LogP contribution in [0, 0.1) is 11.3 Å². The summed E-state index contributed by atoms with van der Waals surface area (Å²) in [6.07, 6.45) is 9.95. The van der Waals surface area contributed by atoms with Gasteiger partial charge in [0.25, 0.3) is 0 Å². The van der Waals surface area contributed by atoms with Gasteiger partial charge in [-0.1, -0.05) is 64.5 Å². The van der Waals surface area contributed by atoms with Gasteiger partial charge >= 0.3 is 0 Å². The zero-order valence-electron chi connectivity index (χ0n) is 20.0. The second-order valence-corrected chi connectivity index (χ2v) is 11.3. The van der Waals surface area contributed by atoms with Crippen LogP contribution in [0.3, 0.4) is 0 Å². The molecule has 2 atom stereocenters. The van der Waals surface area contributed by atoms with Gasteiger partial charge < -0.3 is 16.0 Å². The van der Waals surface area contributed by atoms with Crippen LogP contribution in [-0.2, 0) is 16.1 Å². The first-order valence-corrected chi connectivity index (χ1v) is 12.7. The molecule has 2 saturated carbocycles. The number of nitrogens with one attached hydrogen (secondary N) is 1. The molecule has 32 heavy (non-hydrogen) atoms. The van der Waals surface area contributed by atoms with Crippen molar-refractivity contribution in [3.05, 3.63) is 28.8 Å². The summed E-state index contributed by atoms with van der Waals surface area (Å²) in [5.41, 5.74) is 8.01. The van der Waals surface area contributed by atoms with E-state index in [1.807, 2.05) is 43.9 Å². The lowest BCUT2D eigenvalue weighted by atomic mass is 9.85. The third-order valence-corrected chi connectivity index (χ3v) is 7.15. The smallest absolute Gasteiger partial charge is 0.226 e. The lowest BCUT2D eigenvalue weighted by Crippen LogP contribution is -2.53. The van der Waals surface area contributed by atoms with Gasteiger partial charge in [0.05, 0.1) is 0 Å². The highest BCUT2D eigenvalue weighted by Gasteiger charge is 2.35. The lowest BCUT2D eigenvalue weighted by molar-refractivity contribution is -0.141. The Hall–Kier alpha value is -1.59. The van der Waals surface area contributed by atoms with Gasteiger partial charge in [-0.25, -0.2) is 0 Å². The summed E-state index contributed by atoms with van der Waals surface area (Å²) in [5.74, 6) is 0.298. The third kappa shape index (κ3) is 6.95. The SMILES string of the molecule is CC(C)(C)CC(=O)Nc1ccc(Cl)c(CN(C(=O)C2CCCCC2)C2CCCCC2N)c1. The minimum absolute atomic E-state index is 0.00439. The van der Waals surface area contributed by atoms with Crippen LogP contribution in [0.15, 0.2) is 18.2 Å². The molecule has 0 heterocycles. The normalized spacial score (nSPS) is 22.4. The van der Waals surface area contributed by atoms with Gasteiger partial charge in [-0.2, -0.15) is 0 Å². The molecule has 0 aliphatic heterocycles. The number of nitrogens with zero attached hydrogens (tertiary/aromatic N) is 1. The number of rotatable bonds is 6. The quantitative estimate of drug-likeness (QED) is 0.554. The van der Waals surface area contributed by atoms with Crippen molar-refractivity contribution >= 4 is 29.1 Å².